The molecule has 0 fully saturated rings. The van der Waals surface area contributed by atoms with E-state index in [-0.39, 0.29) is 11.6 Å². The van der Waals surface area contributed by atoms with Gasteiger partial charge in [0.15, 0.2) is 0 Å². The van der Waals surface area contributed by atoms with Gasteiger partial charge < -0.3 is 10.4 Å². The topological polar surface area (TPSA) is 62.2 Å². The third kappa shape index (κ3) is 4.73. The van der Waals surface area contributed by atoms with E-state index in [9.17, 15) is 36.2 Å². The number of phenolic OH excluding ortho intramolecular Hbond substituents is 1. The molecule has 0 unspecified atom stereocenters. The van der Waals surface area contributed by atoms with Crippen LogP contribution in [0, 0.1) is 6.92 Å². The molecule has 0 bridgehead atoms. The van der Waals surface area contributed by atoms with Crippen molar-refractivity contribution in [3.8, 4) is 17.0 Å². The molecule has 30 heavy (non-hydrogen) atoms. The molecule has 0 aliphatic carbocycles. The molecule has 158 valence electrons. The van der Waals surface area contributed by atoms with Gasteiger partial charge in [-0.3, -0.25) is 4.79 Å². The summed E-state index contributed by atoms with van der Waals surface area (Å²) in [4.78, 5) is 16.7. The van der Waals surface area contributed by atoms with Crippen LogP contribution in [0.25, 0.3) is 11.3 Å². The molecule has 1 amide bonds. The maximum Gasteiger partial charge on any atom is 0.416 e. The second kappa shape index (κ2) is 7.63. The van der Waals surface area contributed by atoms with Crippen molar-refractivity contribution in [2.45, 2.75) is 19.3 Å². The molecule has 3 rings (SSSR count). The number of nitrogens with one attached hydrogen (secondary N) is 1. The number of benzene rings is 2. The summed E-state index contributed by atoms with van der Waals surface area (Å²) in [6, 6.07) is 4.64. The molecule has 0 radical (unpaired) electrons. The fourth-order valence-corrected chi connectivity index (χ4v) is 3.22. The van der Waals surface area contributed by atoms with Crippen molar-refractivity contribution in [2.24, 2.45) is 0 Å². The lowest BCUT2D eigenvalue weighted by atomic mass is 10.1. The predicted octanol–water partition coefficient (Wildman–Crippen LogP) is 6.11. The van der Waals surface area contributed by atoms with E-state index >= 15 is 0 Å². The molecule has 4 nitrogen and oxygen atoms in total. The number of alkyl halides is 6. The minimum Gasteiger partial charge on any atom is -0.507 e. The molecule has 11 heteroatoms. The summed E-state index contributed by atoms with van der Waals surface area (Å²) in [6.07, 6.45) is -10.1. The van der Waals surface area contributed by atoms with Crippen molar-refractivity contribution in [3.05, 3.63) is 63.5 Å². The number of thiazole rings is 1. The van der Waals surface area contributed by atoms with E-state index < -0.39 is 40.8 Å². The van der Waals surface area contributed by atoms with Gasteiger partial charge in [0.1, 0.15) is 5.75 Å². The van der Waals surface area contributed by atoms with Crippen LogP contribution < -0.4 is 5.32 Å². The number of phenols is 1. The molecule has 2 N–H and O–H groups in total. The molecule has 0 saturated heterocycles. The predicted molar refractivity (Wildman–Crippen MR) is 98.4 cm³/mol. The van der Waals surface area contributed by atoms with Gasteiger partial charge in [-0.15, -0.1) is 11.3 Å². The number of aromatic hydroxyl groups is 1. The number of hydrogen-bond acceptors (Lipinski definition) is 4. The second-order valence-electron chi connectivity index (χ2n) is 6.23. The molecular weight excluding hydrogens is 434 g/mol. The van der Waals surface area contributed by atoms with Crippen LogP contribution in [-0.4, -0.2) is 16.0 Å². The van der Waals surface area contributed by atoms with Crippen molar-refractivity contribution in [1.82, 2.24) is 4.98 Å². The number of rotatable bonds is 3. The molecule has 0 aliphatic rings. The Morgan fingerprint density at radius 2 is 1.60 bits per heavy atom. The van der Waals surface area contributed by atoms with E-state index in [4.69, 9.17) is 0 Å². The van der Waals surface area contributed by atoms with Gasteiger partial charge in [0.05, 0.1) is 27.4 Å². The smallest absolute Gasteiger partial charge is 0.416 e. The number of aromatic nitrogens is 1. The fourth-order valence-electron chi connectivity index (χ4n) is 2.60. The lowest BCUT2D eigenvalue weighted by Crippen LogP contribution is -2.16. The lowest BCUT2D eigenvalue weighted by molar-refractivity contribution is -0.143. The minimum absolute atomic E-state index is 0.0433. The first-order valence-electron chi connectivity index (χ1n) is 8.21. The summed E-state index contributed by atoms with van der Waals surface area (Å²) >= 11 is 1.34. The minimum atomic E-state index is -5.05. The number of halogens is 6. The van der Waals surface area contributed by atoms with Gasteiger partial charge in [0, 0.05) is 16.6 Å². The molecular formula is C19H12F6N2O2S. The van der Waals surface area contributed by atoms with E-state index in [0.29, 0.717) is 23.4 Å². The third-order valence-electron chi connectivity index (χ3n) is 4.00. The standard InChI is InChI=1S/C19H12F6N2O2S/c1-9-26-15(8-30-9)10-2-3-16(28)14(4-10)17(29)27-13-6-11(18(20,21)22)5-12(7-13)19(23,24)25/h2-8,28H,1H3,(H,27,29). The van der Waals surface area contributed by atoms with Crippen molar-refractivity contribution in [1.29, 1.82) is 0 Å². The molecule has 3 aromatic rings. The molecule has 2 aromatic carbocycles. The van der Waals surface area contributed by atoms with Gasteiger partial charge >= 0.3 is 12.4 Å². The van der Waals surface area contributed by atoms with Crippen molar-refractivity contribution >= 4 is 22.9 Å². The first-order chi connectivity index (χ1) is 13.8. The van der Waals surface area contributed by atoms with Crippen LogP contribution in [0.4, 0.5) is 32.0 Å². The van der Waals surface area contributed by atoms with Crippen LogP contribution in [0.3, 0.4) is 0 Å². The number of aryl methyl sites for hydroxylation is 1. The SMILES string of the molecule is Cc1nc(-c2ccc(O)c(C(=O)Nc3cc(C(F)(F)F)cc(C(F)(F)F)c3)c2)cs1. The van der Waals surface area contributed by atoms with Gasteiger partial charge in [-0.25, -0.2) is 4.98 Å². The second-order valence-corrected chi connectivity index (χ2v) is 7.29. The molecule has 0 spiro atoms. The van der Waals surface area contributed by atoms with Gasteiger partial charge in [0.25, 0.3) is 5.91 Å². The Hall–Kier alpha value is -3.08. The zero-order chi connectivity index (χ0) is 22.3. The number of carbonyl (C=O) groups is 1. The van der Waals surface area contributed by atoms with Crippen LogP contribution in [0.5, 0.6) is 5.75 Å². The molecule has 1 heterocycles. The maximum atomic E-state index is 13.0. The summed E-state index contributed by atoms with van der Waals surface area (Å²) in [5.74, 6) is -1.57. The van der Waals surface area contributed by atoms with Crippen molar-refractivity contribution in [2.75, 3.05) is 5.32 Å². The molecule has 0 atom stereocenters. The fraction of sp³-hybridized carbons (Fsp3) is 0.158. The monoisotopic (exact) mass is 446 g/mol. The Balaban J connectivity index is 1.98. The highest BCUT2D eigenvalue weighted by Crippen LogP contribution is 2.38. The van der Waals surface area contributed by atoms with Gasteiger partial charge in [-0.1, -0.05) is 0 Å². The van der Waals surface area contributed by atoms with Gasteiger partial charge in [-0.2, -0.15) is 26.3 Å². The number of nitrogens with zero attached hydrogens (tertiary/aromatic N) is 1. The molecule has 0 aliphatic heterocycles. The van der Waals surface area contributed by atoms with E-state index in [0.717, 1.165) is 5.01 Å². The van der Waals surface area contributed by atoms with Crippen LogP contribution in [0.2, 0.25) is 0 Å². The summed E-state index contributed by atoms with van der Waals surface area (Å²) in [5.41, 5.74) is -3.22. The van der Waals surface area contributed by atoms with Crippen molar-refractivity contribution < 1.29 is 36.2 Å². The number of amides is 1. The van der Waals surface area contributed by atoms with Crippen molar-refractivity contribution in [3.63, 3.8) is 0 Å². The summed E-state index contributed by atoms with van der Waals surface area (Å²) in [6.45, 7) is 1.76. The van der Waals surface area contributed by atoms with Crippen LogP contribution in [0.15, 0.2) is 41.8 Å². The Labute approximate surface area is 169 Å². The quantitative estimate of drug-likeness (QED) is 0.477. The zero-order valence-electron chi connectivity index (χ0n) is 15.0. The highest BCUT2D eigenvalue weighted by molar-refractivity contribution is 7.09. The Kier molecular flexibility index (Phi) is 5.50. The average Bonchev–Trinajstić information content (AvgIpc) is 3.06. The Morgan fingerprint density at radius 1 is 1.00 bits per heavy atom. The summed E-state index contributed by atoms with van der Waals surface area (Å²) in [5, 5.41) is 14.4. The molecule has 0 saturated carbocycles. The van der Waals surface area contributed by atoms with Crippen LogP contribution in [0.1, 0.15) is 26.5 Å². The largest absolute Gasteiger partial charge is 0.507 e. The van der Waals surface area contributed by atoms with E-state index in [1.54, 1.807) is 12.3 Å². The van der Waals surface area contributed by atoms with Crippen LogP contribution in [-0.2, 0) is 12.4 Å². The van der Waals surface area contributed by atoms with E-state index in [1.165, 1.54) is 29.5 Å². The first kappa shape index (κ1) is 21.6. The number of anilines is 1. The lowest BCUT2D eigenvalue weighted by Gasteiger charge is -2.15. The van der Waals surface area contributed by atoms with Gasteiger partial charge in [0.2, 0.25) is 0 Å². The third-order valence-corrected chi connectivity index (χ3v) is 4.78. The maximum absolute atomic E-state index is 13.0. The number of carbonyl (C=O) groups excluding carboxylic acids is 1. The van der Waals surface area contributed by atoms with E-state index in [1.807, 2.05) is 5.32 Å². The highest BCUT2D eigenvalue weighted by Gasteiger charge is 2.37. The van der Waals surface area contributed by atoms with E-state index in [2.05, 4.69) is 4.98 Å². The molecule has 1 aromatic heterocycles. The number of hydrogen-bond donors (Lipinski definition) is 2. The summed E-state index contributed by atoms with van der Waals surface area (Å²) < 4.78 is 77.9. The Morgan fingerprint density at radius 3 is 2.10 bits per heavy atom. The highest BCUT2D eigenvalue weighted by atomic mass is 32.1. The average molecular weight is 446 g/mol. The van der Waals surface area contributed by atoms with Gasteiger partial charge in [-0.05, 0) is 43.3 Å². The Bertz CT molecular complexity index is 1070. The van der Waals surface area contributed by atoms with Crippen LogP contribution >= 0.6 is 11.3 Å². The zero-order valence-corrected chi connectivity index (χ0v) is 15.8. The normalized spacial score (nSPS) is 12.1. The summed E-state index contributed by atoms with van der Waals surface area (Å²) in [7, 11) is 0. The first-order valence-corrected chi connectivity index (χ1v) is 9.09.